The van der Waals surface area contributed by atoms with Gasteiger partial charge in [0, 0.05) is 0 Å². The molecular weight excluding hydrogens is 154 g/mol. The van der Waals surface area contributed by atoms with Gasteiger partial charge in [0.2, 0.25) is 0 Å². The Morgan fingerprint density at radius 3 is 2.33 bits per heavy atom. The third kappa shape index (κ3) is 6.16. The average molecular weight is 173 g/mol. The molecule has 0 aromatic rings. The molecular formula is C9H19NO2. The van der Waals surface area contributed by atoms with Crippen LogP contribution in [0.25, 0.3) is 0 Å². The molecule has 0 amide bonds. The number of ether oxygens (including phenoxy) is 1. The zero-order valence-electron chi connectivity index (χ0n) is 8.17. The maximum atomic E-state index is 10.7. The van der Waals surface area contributed by atoms with E-state index in [9.17, 15) is 4.79 Å². The first-order chi connectivity index (χ1) is 5.56. The summed E-state index contributed by atoms with van der Waals surface area (Å²) in [5, 5.41) is 0. The second kappa shape index (κ2) is 6.00. The summed E-state index contributed by atoms with van der Waals surface area (Å²) in [6.45, 7) is 6.18. The minimum Gasteiger partial charge on any atom is -0.462 e. The molecule has 3 heteroatoms. The lowest BCUT2D eigenvalue weighted by Gasteiger charge is -2.13. The SMILES string of the molecule is CC(C)CCC(C)OC(=O)CN. The molecule has 0 rings (SSSR count). The van der Waals surface area contributed by atoms with E-state index in [1.807, 2.05) is 6.92 Å². The van der Waals surface area contributed by atoms with Crippen LogP contribution in [0.3, 0.4) is 0 Å². The van der Waals surface area contributed by atoms with Gasteiger partial charge in [-0.1, -0.05) is 13.8 Å². The van der Waals surface area contributed by atoms with Crippen LogP contribution in [0.15, 0.2) is 0 Å². The summed E-state index contributed by atoms with van der Waals surface area (Å²) < 4.78 is 4.99. The normalized spacial score (nSPS) is 13.1. The highest BCUT2D eigenvalue weighted by atomic mass is 16.5. The molecule has 2 N–H and O–H groups in total. The van der Waals surface area contributed by atoms with Gasteiger partial charge in [-0.3, -0.25) is 4.79 Å². The van der Waals surface area contributed by atoms with Crippen LogP contribution in [-0.4, -0.2) is 18.6 Å². The predicted octanol–water partition coefficient (Wildman–Crippen LogP) is 1.31. The lowest BCUT2D eigenvalue weighted by Crippen LogP contribution is -2.22. The number of carbonyl (C=O) groups is 1. The Labute approximate surface area is 74.3 Å². The number of hydrogen-bond donors (Lipinski definition) is 1. The van der Waals surface area contributed by atoms with Gasteiger partial charge in [0.1, 0.15) is 0 Å². The van der Waals surface area contributed by atoms with Crippen LogP contribution >= 0.6 is 0 Å². The molecule has 0 radical (unpaired) electrons. The first kappa shape index (κ1) is 11.4. The van der Waals surface area contributed by atoms with Crippen LogP contribution < -0.4 is 5.73 Å². The van der Waals surface area contributed by atoms with Crippen LogP contribution in [-0.2, 0) is 9.53 Å². The minimum atomic E-state index is -0.314. The van der Waals surface area contributed by atoms with Gasteiger partial charge in [0.25, 0.3) is 0 Å². The Balaban J connectivity index is 3.45. The lowest BCUT2D eigenvalue weighted by atomic mass is 10.1. The van der Waals surface area contributed by atoms with E-state index in [1.165, 1.54) is 0 Å². The maximum Gasteiger partial charge on any atom is 0.319 e. The quantitative estimate of drug-likeness (QED) is 0.638. The fraction of sp³-hybridized carbons (Fsp3) is 0.889. The summed E-state index contributed by atoms with van der Waals surface area (Å²) in [7, 11) is 0. The van der Waals surface area contributed by atoms with Crippen molar-refractivity contribution in [1.29, 1.82) is 0 Å². The minimum absolute atomic E-state index is 0.00319. The molecule has 0 heterocycles. The van der Waals surface area contributed by atoms with Gasteiger partial charge in [0.05, 0.1) is 12.6 Å². The van der Waals surface area contributed by atoms with E-state index in [0.29, 0.717) is 5.92 Å². The summed E-state index contributed by atoms with van der Waals surface area (Å²) in [6, 6.07) is 0. The van der Waals surface area contributed by atoms with Gasteiger partial charge >= 0.3 is 5.97 Å². The predicted molar refractivity (Wildman–Crippen MR) is 48.7 cm³/mol. The largest absolute Gasteiger partial charge is 0.462 e. The standard InChI is InChI=1S/C9H19NO2/c1-7(2)4-5-8(3)12-9(11)6-10/h7-8H,4-6,10H2,1-3H3. The third-order valence-corrected chi connectivity index (χ3v) is 1.65. The summed E-state index contributed by atoms with van der Waals surface area (Å²) in [5.41, 5.74) is 5.10. The monoisotopic (exact) mass is 173 g/mol. The van der Waals surface area contributed by atoms with Crippen molar-refractivity contribution in [3.63, 3.8) is 0 Å². The zero-order chi connectivity index (χ0) is 9.56. The molecule has 0 saturated carbocycles. The second-order valence-electron chi connectivity index (χ2n) is 3.48. The number of hydrogen-bond acceptors (Lipinski definition) is 3. The van der Waals surface area contributed by atoms with Crippen molar-refractivity contribution in [2.24, 2.45) is 11.7 Å². The molecule has 0 aromatic heterocycles. The molecule has 0 aliphatic carbocycles. The fourth-order valence-electron chi connectivity index (χ4n) is 0.899. The number of nitrogens with two attached hydrogens (primary N) is 1. The van der Waals surface area contributed by atoms with Gasteiger partial charge < -0.3 is 10.5 Å². The summed E-state index contributed by atoms with van der Waals surface area (Å²) in [5.74, 6) is 0.343. The van der Waals surface area contributed by atoms with Crippen LogP contribution in [0.5, 0.6) is 0 Å². The molecule has 0 aromatic carbocycles. The molecule has 72 valence electrons. The van der Waals surface area contributed by atoms with Crippen LogP contribution in [0, 0.1) is 5.92 Å². The van der Waals surface area contributed by atoms with Gasteiger partial charge in [-0.15, -0.1) is 0 Å². The smallest absolute Gasteiger partial charge is 0.319 e. The lowest BCUT2D eigenvalue weighted by molar-refractivity contribution is -0.146. The van der Waals surface area contributed by atoms with Crippen molar-refractivity contribution < 1.29 is 9.53 Å². The highest BCUT2D eigenvalue weighted by Crippen LogP contribution is 2.08. The molecule has 1 unspecified atom stereocenters. The molecule has 3 nitrogen and oxygen atoms in total. The molecule has 12 heavy (non-hydrogen) atoms. The van der Waals surface area contributed by atoms with Crippen molar-refractivity contribution in [2.45, 2.75) is 39.7 Å². The molecule has 0 aliphatic heterocycles. The van der Waals surface area contributed by atoms with E-state index in [1.54, 1.807) is 0 Å². The second-order valence-corrected chi connectivity index (χ2v) is 3.48. The first-order valence-corrected chi connectivity index (χ1v) is 4.45. The summed E-state index contributed by atoms with van der Waals surface area (Å²) in [6.07, 6.45) is 2.01. The summed E-state index contributed by atoms with van der Waals surface area (Å²) >= 11 is 0. The van der Waals surface area contributed by atoms with E-state index in [2.05, 4.69) is 13.8 Å². The Morgan fingerprint density at radius 1 is 1.33 bits per heavy atom. The van der Waals surface area contributed by atoms with Crippen molar-refractivity contribution in [2.75, 3.05) is 6.54 Å². The van der Waals surface area contributed by atoms with Crippen molar-refractivity contribution in [1.82, 2.24) is 0 Å². The maximum absolute atomic E-state index is 10.7. The molecule has 0 fully saturated rings. The molecule has 0 spiro atoms. The third-order valence-electron chi connectivity index (χ3n) is 1.65. The van der Waals surface area contributed by atoms with Crippen molar-refractivity contribution >= 4 is 5.97 Å². The number of esters is 1. The Kier molecular flexibility index (Phi) is 5.72. The molecule has 0 saturated heterocycles. The van der Waals surface area contributed by atoms with Crippen LogP contribution in [0.1, 0.15) is 33.6 Å². The number of carbonyl (C=O) groups excluding carboxylic acids is 1. The Bertz CT molecular complexity index is 134. The van der Waals surface area contributed by atoms with E-state index in [0.717, 1.165) is 12.8 Å². The van der Waals surface area contributed by atoms with Crippen LogP contribution in [0.4, 0.5) is 0 Å². The number of rotatable bonds is 5. The molecule has 0 bridgehead atoms. The van der Waals surface area contributed by atoms with Crippen LogP contribution in [0.2, 0.25) is 0 Å². The highest BCUT2D eigenvalue weighted by Gasteiger charge is 2.07. The van der Waals surface area contributed by atoms with Gasteiger partial charge in [-0.25, -0.2) is 0 Å². The van der Waals surface area contributed by atoms with Gasteiger partial charge in [0.15, 0.2) is 0 Å². The highest BCUT2D eigenvalue weighted by molar-refractivity contribution is 5.71. The van der Waals surface area contributed by atoms with E-state index >= 15 is 0 Å². The van der Waals surface area contributed by atoms with Gasteiger partial charge in [-0.2, -0.15) is 0 Å². The van der Waals surface area contributed by atoms with E-state index in [4.69, 9.17) is 10.5 Å². The Hall–Kier alpha value is -0.570. The van der Waals surface area contributed by atoms with E-state index in [-0.39, 0.29) is 18.6 Å². The fourth-order valence-corrected chi connectivity index (χ4v) is 0.899. The van der Waals surface area contributed by atoms with Gasteiger partial charge in [-0.05, 0) is 25.7 Å². The summed E-state index contributed by atoms with van der Waals surface area (Å²) in [4.78, 5) is 10.7. The molecule has 1 atom stereocenters. The molecule has 0 aliphatic rings. The zero-order valence-corrected chi connectivity index (χ0v) is 8.17. The average Bonchev–Trinajstić information content (AvgIpc) is 2.00. The topological polar surface area (TPSA) is 52.3 Å². The van der Waals surface area contributed by atoms with Crippen molar-refractivity contribution in [3.05, 3.63) is 0 Å². The van der Waals surface area contributed by atoms with E-state index < -0.39 is 0 Å². The van der Waals surface area contributed by atoms with Crippen molar-refractivity contribution in [3.8, 4) is 0 Å². The Morgan fingerprint density at radius 2 is 1.92 bits per heavy atom. The first-order valence-electron chi connectivity index (χ1n) is 4.45.